The van der Waals surface area contributed by atoms with Gasteiger partial charge in [0.2, 0.25) is 0 Å². The van der Waals surface area contributed by atoms with Crippen molar-refractivity contribution in [3.8, 4) is 11.3 Å². The Morgan fingerprint density at radius 1 is 1.14 bits per heavy atom. The number of hydrogen-bond acceptors (Lipinski definition) is 5. The molecule has 146 valence electrons. The number of carbonyl (C=O) groups is 1. The monoisotopic (exact) mass is 398 g/mol. The molecule has 1 aromatic heterocycles. The number of carboxylic acid groups (broad SMARTS) is 1. The normalized spacial score (nSPS) is 10.1. The predicted molar refractivity (Wildman–Crippen MR) is 111 cm³/mol. The lowest BCUT2D eigenvalue weighted by Gasteiger charge is -2.06. The Kier molecular flexibility index (Phi) is 7.00. The fourth-order valence-corrected chi connectivity index (χ4v) is 3.55. The van der Waals surface area contributed by atoms with E-state index in [1.54, 1.807) is 37.3 Å². The number of aryl methyl sites for hydroxylation is 2. The van der Waals surface area contributed by atoms with Crippen LogP contribution in [0.5, 0.6) is 0 Å². The maximum atomic E-state index is 11.0. The lowest BCUT2D eigenvalue weighted by atomic mass is 10.0. The summed E-state index contributed by atoms with van der Waals surface area (Å²) in [6, 6.07) is 10.0. The molecule has 28 heavy (non-hydrogen) atoms. The molecule has 0 aliphatic heterocycles. The molecule has 1 heterocycles. The van der Waals surface area contributed by atoms with E-state index in [9.17, 15) is 14.9 Å². The summed E-state index contributed by atoms with van der Waals surface area (Å²) in [6.07, 6.45) is 0.600. The van der Waals surface area contributed by atoms with E-state index in [1.807, 2.05) is 32.2 Å². The van der Waals surface area contributed by atoms with E-state index in [1.165, 1.54) is 11.3 Å². The lowest BCUT2D eigenvalue weighted by molar-refractivity contribution is -0.385. The van der Waals surface area contributed by atoms with E-state index < -0.39 is 5.97 Å². The minimum atomic E-state index is -0.959. The highest BCUT2D eigenvalue weighted by Gasteiger charge is 2.15. The van der Waals surface area contributed by atoms with Gasteiger partial charge in [-0.05, 0) is 43.2 Å². The van der Waals surface area contributed by atoms with E-state index in [4.69, 9.17) is 5.11 Å². The number of aromatic carboxylic acids is 1. The number of nitro groups is 1. The first-order valence-electron chi connectivity index (χ1n) is 8.88. The summed E-state index contributed by atoms with van der Waals surface area (Å²) < 4.78 is 0. The highest BCUT2D eigenvalue weighted by atomic mass is 32.1. The zero-order chi connectivity index (χ0) is 20.8. The molecule has 7 heteroatoms. The number of benzene rings is 2. The first-order chi connectivity index (χ1) is 13.3. The van der Waals surface area contributed by atoms with Crippen LogP contribution in [0.2, 0.25) is 0 Å². The van der Waals surface area contributed by atoms with Crippen molar-refractivity contribution >= 4 is 23.0 Å². The third-order valence-electron chi connectivity index (χ3n) is 4.17. The first kappa shape index (κ1) is 21.2. The van der Waals surface area contributed by atoms with Gasteiger partial charge in [-0.15, -0.1) is 11.3 Å². The average Bonchev–Trinajstić information content (AvgIpc) is 3.14. The molecule has 0 saturated carbocycles. The van der Waals surface area contributed by atoms with Crippen molar-refractivity contribution in [1.82, 2.24) is 4.98 Å². The van der Waals surface area contributed by atoms with Crippen molar-refractivity contribution in [1.29, 1.82) is 0 Å². The molecule has 0 fully saturated rings. The van der Waals surface area contributed by atoms with Gasteiger partial charge in [0.1, 0.15) is 0 Å². The number of rotatable bonds is 5. The van der Waals surface area contributed by atoms with Crippen LogP contribution in [0.25, 0.3) is 11.3 Å². The van der Waals surface area contributed by atoms with Gasteiger partial charge in [-0.2, -0.15) is 0 Å². The Balaban J connectivity index is 0.00000136. The van der Waals surface area contributed by atoms with Gasteiger partial charge in [0.25, 0.3) is 5.69 Å². The molecule has 2 aromatic carbocycles. The first-order valence-corrected chi connectivity index (χ1v) is 9.76. The van der Waals surface area contributed by atoms with Crippen molar-refractivity contribution in [2.45, 2.75) is 34.1 Å². The third-order valence-corrected chi connectivity index (χ3v) is 5.02. The predicted octanol–water partition coefficient (Wildman–Crippen LogP) is 5.65. The van der Waals surface area contributed by atoms with Crippen LogP contribution in [0.1, 0.15) is 45.9 Å². The summed E-state index contributed by atoms with van der Waals surface area (Å²) in [7, 11) is 0. The molecule has 0 radical (unpaired) electrons. The van der Waals surface area contributed by atoms with Gasteiger partial charge in [0, 0.05) is 29.0 Å². The van der Waals surface area contributed by atoms with Gasteiger partial charge in [-0.25, -0.2) is 9.78 Å². The van der Waals surface area contributed by atoms with Crippen molar-refractivity contribution in [2.24, 2.45) is 0 Å². The summed E-state index contributed by atoms with van der Waals surface area (Å²) in [6.45, 7) is 7.60. The average molecular weight is 398 g/mol. The Hall–Kier alpha value is -3.06. The standard InChI is InChI=1S/C19H16N2O4S.C2H6/c1-11-8-17(21(24)25)12(2)7-15(11)9-18-20-16(10-26-18)13-3-5-14(6-4-13)19(22)23;1-2/h3-8,10H,9H2,1-2H3,(H,22,23);1-2H3. The quantitative estimate of drug-likeness (QED) is 0.443. The van der Waals surface area contributed by atoms with Crippen LogP contribution in [-0.2, 0) is 6.42 Å². The Morgan fingerprint density at radius 2 is 1.79 bits per heavy atom. The van der Waals surface area contributed by atoms with Crippen molar-refractivity contribution < 1.29 is 14.8 Å². The molecule has 0 saturated heterocycles. The number of hydrogen-bond donors (Lipinski definition) is 1. The molecule has 0 aliphatic carbocycles. The van der Waals surface area contributed by atoms with Gasteiger partial charge in [-0.1, -0.05) is 26.0 Å². The molecule has 3 rings (SSSR count). The fourth-order valence-electron chi connectivity index (χ4n) is 2.72. The molecule has 0 bridgehead atoms. The largest absolute Gasteiger partial charge is 0.478 e. The molecule has 0 atom stereocenters. The Morgan fingerprint density at radius 3 is 2.36 bits per heavy atom. The maximum Gasteiger partial charge on any atom is 0.335 e. The SMILES string of the molecule is CC.Cc1cc([N+](=O)[O-])c(C)cc1Cc1nc(-c2ccc(C(=O)O)cc2)cs1. The summed E-state index contributed by atoms with van der Waals surface area (Å²) in [5, 5.41) is 22.8. The summed E-state index contributed by atoms with van der Waals surface area (Å²) >= 11 is 1.51. The van der Waals surface area contributed by atoms with Gasteiger partial charge >= 0.3 is 5.97 Å². The lowest BCUT2D eigenvalue weighted by Crippen LogP contribution is -1.98. The smallest absolute Gasteiger partial charge is 0.335 e. The van der Waals surface area contributed by atoms with E-state index in [0.717, 1.165) is 27.4 Å². The molecular formula is C21H22N2O4S. The highest BCUT2D eigenvalue weighted by Crippen LogP contribution is 2.27. The molecule has 0 unspecified atom stereocenters. The molecule has 0 aliphatic rings. The minimum Gasteiger partial charge on any atom is -0.478 e. The van der Waals surface area contributed by atoms with Crippen LogP contribution in [0.3, 0.4) is 0 Å². The van der Waals surface area contributed by atoms with Gasteiger partial charge in [-0.3, -0.25) is 10.1 Å². The van der Waals surface area contributed by atoms with Gasteiger partial charge < -0.3 is 5.11 Å². The molecule has 6 nitrogen and oxygen atoms in total. The van der Waals surface area contributed by atoms with Crippen molar-refractivity contribution in [3.05, 3.63) is 79.2 Å². The molecule has 1 N–H and O–H groups in total. The van der Waals surface area contributed by atoms with E-state index in [-0.39, 0.29) is 16.2 Å². The third kappa shape index (κ3) is 4.80. The van der Waals surface area contributed by atoms with Crippen LogP contribution >= 0.6 is 11.3 Å². The zero-order valence-corrected chi connectivity index (χ0v) is 17.0. The maximum absolute atomic E-state index is 11.0. The summed E-state index contributed by atoms with van der Waals surface area (Å²) in [4.78, 5) is 26.2. The molecule has 0 spiro atoms. The van der Waals surface area contributed by atoms with Crippen LogP contribution in [0, 0.1) is 24.0 Å². The Labute approximate surface area is 167 Å². The van der Waals surface area contributed by atoms with Crippen LogP contribution < -0.4 is 0 Å². The van der Waals surface area contributed by atoms with Gasteiger partial charge in [0.05, 0.1) is 21.2 Å². The second-order valence-electron chi connectivity index (χ2n) is 6.01. The van der Waals surface area contributed by atoms with E-state index >= 15 is 0 Å². The second-order valence-corrected chi connectivity index (χ2v) is 6.95. The highest BCUT2D eigenvalue weighted by molar-refractivity contribution is 7.10. The number of nitro benzene ring substituents is 1. The van der Waals surface area contributed by atoms with Crippen molar-refractivity contribution in [2.75, 3.05) is 0 Å². The topological polar surface area (TPSA) is 93.3 Å². The number of thiazole rings is 1. The van der Waals surface area contributed by atoms with Gasteiger partial charge in [0.15, 0.2) is 0 Å². The van der Waals surface area contributed by atoms with Crippen LogP contribution in [0.4, 0.5) is 5.69 Å². The van der Waals surface area contributed by atoms with E-state index in [2.05, 4.69) is 4.98 Å². The van der Waals surface area contributed by atoms with E-state index in [0.29, 0.717) is 12.0 Å². The molecule has 3 aromatic rings. The minimum absolute atomic E-state index is 0.129. The molecular weight excluding hydrogens is 376 g/mol. The number of aromatic nitrogens is 1. The molecule has 0 amide bonds. The second kappa shape index (κ2) is 9.23. The van der Waals surface area contributed by atoms with Crippen molar-refractivity contribution in [3.63, 3.8) is 0 Å². The number of carboxylic acids is 1. The summed E-state index contributed by atoms with van der Waals surface area (Å²) in [5.41, 5.74) is 4.52. The summed E-state index contributed by atoms with van der Waals surface area (Å²) in [5.74, 6) is -0.959. The fraction of sp³-hybridized carbons (Fsp3) is 0.238. The number of nitrogens with zero attached hydrogens (tertiary/aromatic N) is 2. The Bertz CT molecular complexity index is 994. The van der Waals surface area contributed by atoms with Crippen LogP contribution in [0.15, 0.2) is 41.8 Å². The zero-order valence-electron chi connectivity index (χ0n) is 16.2. The van der Waals surface area contributed by atoms with Crippen LogP contribution in [-0.4, -0.2) is 21.0 Å².